The number of carbonyl (C=O) groups is 2. The highest BCUT2D eigenvalue weighted by molar-refractivity contribution is 6.10. The van der Waals surface area contributed by atoms with E-state index in [0.717, 1.165) is 0 Å². The van der Waals surface area contributed by atoms with Crippen molar-refractivity contribution in [2.45, 2.75) is 6.42 Å². The fourth-order valence-electron chi connectivity index (χ4n) is 1.49. The summed E-state index contributed by atoms with van der Waals surface area (Å²) in [5.41, 5.74) is 6.12. The zero-order valence-corrected chi connectivity index (χ0v) is 9.56. The van der Waals surface area contributed by atoms with Crippen LogP contribution in [0, 0.1) is 0 Å². The first-order valence-electron chi connectivity index (χ1n) is 5.44. The SMILES string of the molecule is NC1=N/C(=C\CCNC(=O)c2ccc[nH]2)C(=O)N1. The van der Waals surface area contributed by atoms with Crippen LogP contribution in [0.3, 0.4) is 0 Å². The fraction of sp³-hybridized carbons (Fsp3) is 0.182. The summed E-state index contributed by atoms with van der Waals surface area (Å²) in [7, 11) is 0. The molecular formula is C11H13N5O2. The maximum absolute atomic E-state index is 11.5. The van der Waals surface area contributed by atoms with Gasteiger partial charge in [-0.15, -0.1) is 0 Å². The third-order valence-corrected chi connectivity index (χ3v) is 2.33. The van der Waals surface area contributed by atoms with Crippen molar-refractivity contribution in [3.8, 4) is 0 Å². The average Bonchev–Trinajstić information content (AvgIpc) is 2.94. The molecule has 0 saturated heterocycles. The number of nitrogens with two attached hydrogens (primary N) is 1. The minimum Gasteiger partial charge on any atom is -0.369 e. The highest BCUT2D eigenvalue weighted by Gasteiger charge is 2.16. The van der Waals surface area contributed by atoms with Crippen LogP contribution in [0.4, 0.5) is 0 Å². The predicted octanol–water partition coefficient (Wildman–Crippen LogP) is -0.537. The first kappa shape index (κ1) is 11.9. The highest BCUT2D eigenvalue weighted by Crippen LogP contribution is 2.03. The molecule has 2 amide bonds. The Hall–Kier alpha value is -2.57. The van der Waals surface area contributed by atoms with Gasteiger partial charge in [-0.05, 0) is 18.6 Å². The average molecular weight is 247 g/mol. The van der Waals surface area contributed by atoms with E-state index in [4.69, 9.17) is 5.73 Å². The van der Waals surface area contributed by atoms with Gasteiger partial charge in [0.05, 0.1) is 0 Å². The summed E-state index contributed by atoms with van der Waals surface area (Å²) in [4.78, 5) is 29.4. The maximum atomic E-state index is 11.5. The molecule has 1 aromatic rings. The van der Waals surface area contributed by atoms with Gasteiger partial charge in [0.25, 0.3) is 11.8 Å². The third-order valence-electron chi connectivity index (χ3n) is 2.33. The number of nitrogens with one attached hydrogen (secondary N) is 3. The Labute approximate surface area is 103 Å². The maximum Gasteiger partial charge on any atom is 0.276 e. The van der Waals surface area contributed by atoms with E-state index in [1.165, 1.54) is 0 Å². The molecule has 2 rings (SSSR count). The lowest BCUT2D eigenvalue weighted by molar-refractivity contribution is -0.115. The van der Waals surface area contributed by atoms with Crippen molar-refractivity contribution < 1.29 is 9.59 Å². The Morgan fingerprint density at radius 2 is 2.39 bits per heavy atom. The van der Waals surface area contributed by atoms with Crippen LogP contribution in [0.15, 0.2) is 35.1 Å². The molecular weight excluding hydrogens is 234 g/mol. The second-order valence-electron chi connectivity index (χ2n) is 3.67. The van der Waals surface area contributed by atoms with Crippen LogP contribution in [-0.4, -0.2) is 29.3 Å². The number of amides is 2. The quantitative estimate of drug-likeness (QED) is 0.423. The Morgan fingerprint density at radius 1 is 1.56 bits per heavy atom. The molecule has 0 saturated carbocycles. The number of hydrogen-bond acceptors (Lipinski definition) is 4. The van der Waals surface area contributed by atoms with E-state index >= 15 is 0 Å². The normalized spacial score (nSPS) is 16.6. The van der Waals surface area contributed by atoms with Crippen molar-refractivity contribution in [3.05, 3.63) is 35.8 Å². The summed E-state index contributed by atoms with van der Waals surface area (Å²) >= 11 is 0. The monoisotopic (exact) mass is 247 g/mol. The van der Waals surface area contributed by atoms with Gasteiger partial charge in [-0.1, -0.05) is 6.08 Å². The molecule has 18 heavy (non-hydrogen) atoms. The molecule has 7 heteroatoms. The van der Waals surface area contributed by atoms with Gasteiger partial charge in [0, 0.05) is 12.7 Å². The Balaban J connectivity index is 1.78. The molecule has 0 radical (unpaired) electrons. The van der Waals surface area contributed by atoms with Gasteiger partial charge in [-0.3, -0.25) is 14.9 Å². The Kier molecular flexibility index (Phi) is 3.42. The van der Waals surface area contributed by atoms with E-state index in [1.807, 2.05) is 0 Å². The topological polar surface area (TPSA) is 112 Å². The largest absolute Gasteiger partial charge is 0.369 e. The number of hydrogen-bond donors (Lipinski definition) is 4. The van der Waals surface area contributed by atoms with Crippen LogP contribution in [0.25, 0.3) is 0 Å². The molecule has 1 aromatic heterocycles. The zero-order chi connectivity index (χ0) is 13.0. The van der Waals surface area contributed by atoms with Crippen molar-refractivity contribution in [2.75, 3.05) is 6.54 Å². The van der Waals surface area contributed by atoms with E-state index in [2.05, 4.69) is 20.6 Å². The number of H-pyrrole nitrogens is 1. The predicted molar refractivity (Wildman–Crippen MR) is 65.6 cm³/mol. The summed E-state index contributed by atoms with van der Waals surface area (Å²) in [5.74, 6) is -0.401. The molecule has 0 aliphatic carbocycles. The van der Waals surface area contributed by atoms with Gasteiger partial charge in [0.15, 0.2) is 0 Å². The van der Waals surface area contributed by atoms with Crippen molar-refractivity contribution in [3.63, 3.8) is 0 Å². The van der Waals surface area contributed by atoms with Crippen LogP contribution >= 0.6 is 0 Å². The zero-order valence-electron chi connectivity index (χ0n) is 9.56. The summed E-state index contributed by atoms with van der Waals surface area (Å²) in [6.45, 7) is 0.421. The van der Waals surface area contributed by atoms with E-state index in [9.17, 15) is 9.59 Å². The number of guanidine groups is 1. The van der Waals surface area contributed by atoms with Crippen LogP contribution in [0.1, 0.15) is 16.9 Å². The third kappa shape index (κ3) is 2.76. The van der Waals surface area contributed by atoms with Crippen molar-refractivity contribution in [2.24, 2.45) is 10.7 Å². The molecule has 0 spiro atoms. The van der Waals surface area contributed by atoms with E-state index in [0.29, 0.717) is 18.7 Å². The molecule has 2 heterocycles. The van der Waals surface area contributed by atoms with Gasteiger partial charge >= 0.3 is 0 Å². The smallest absolute Gasteiger partial charge is 0.276 e. The minimum atomic E-state index is -0.316. The molecule has 0 atom stereocenters. The van der Waals surface area contributed by atoms with Gasteiger partial charge in [0.1, 0.15) is 11.4 Å². The van der Waals surface area contributed by atoms with Crippen molar-refractivity contribution >= 4 is 17.8 Å². The Morgan fingerprint density at radius 3 is 3.00 bits per heavy atom. The number of aromatic amines is 1. The van der Waals surface area contributed by atoms with Crippen LogP contribution in [0.2, 0.25) is 0 Å². The van der Waals surface area contributed by atoms with Crippen LogP contribution < -0.4 is 16.4 Å². The second-order valence-corrected chi connectivity index (χ2v) is 3.67. The summed E-state index contributed by atoms with van der Waals surface area (Å²) in [5, 5.41) is 5.08. The molecule has 7 nitrogen and oxygen atoms in total. The molecule has 0 unspecified atom stereocenters. The molecule has 0 bridgehead atoms. The van der Waals surface area contributed by atoms with Gasteiger partial charge in [-0.2, -0.15) is 0 Å². The van der Waals surface area contributed by atoms with E-state index in [1.54, 1.807) is 24.4 Å². The molecule has 0 fully saturated rings. The van der Waals surface area contributed by atoms with Crippen molar-refractivity contribution in [1.82, 2.24) is 15.6 Å². The molecule has 0 aromatic carbocycles. The number of carbonyl (C=O) groups excluding carboxylic acids is 2. The summed E-state index contributed by atoms with van der Waals surface area (Å²) in [6.07, 6.45) is 3.81. The number of aromatic nitrogens is 1. The fourth-order valence-corrected chi connectivity index (χ4v) is 1.49. The number of nitrogens with zero attached hydrogens (tertiary/aromatic N) is 1. The summed E-state index contributed by atoms with van der Waals surface area (Å²) < 4.78 is 0. The molecule has 5 N–H and O–H groups in total. The standard InChI is InChI=1S/C11H13N5O2/c12-11-15-8(10(18)16-11)4-2-6-14-9(17)7-3-1-5-13-7/h1,3-5,13H,2,6H2,(H,14,17)(H3,12,15,16,18)/b8-4-. The second kappa shape index (κ2) is 5.17. The molecule has 1 aliphatic heterocycles. The lowest BCUT2D eigenvalue weighted by Gasteiger charge is -2.00. The van der Waals surface area contributed by atoms with Gasteiger partial charge in [0.2, 0.25) is 5.96 Å². The van der Waals surface area contributed by atoms with E-state index in [-0.39, 0.29) is 23.5 Å². The first-order valence-corrected chi connectivity index (χ1v) is 5.44. The molecule has 1 aliphatic rings. The van der Waals surface area contributed by atoms with Gasteiger partial charge in [-0.25, -0.2) is 4.99 Å². The number of aliphatic imine (C=N–C) groups is 1. The lowest BCUT2D eigenvalue weighted by atomic mass is 10.3. The Bertz CT molecular complexity index is 516. The van der Waals surface area contributed by atoms with Crippen LogP contribution in [0.5, 0.6) is 0 Å². The van der Waals surface area contributed by atoms with E-state index < -0.39 is 0 Å². The number of rotatable bonds is 4. The lowest BCUT2D eigenvalue weighted by Crippen LogP contribution is -2.30. The summed E-state index contributed by atoms with van der Waals surface area (Å²) in [6, 6.07) is 3.43. The van der Waals surface area contributed by atoms with Crippen LogP contribution in [-0.2, 0) is 4.79 Å². The minimum absolute atomic E-state index is 0.0988. The van der Waals surface area contributed by atoms with Crippen molar-refractivity contribution in [1.29, 1.82) is 0 Å². The highest BCUT2D eigenvalue weighted by atomic mass is 16.2. The first-order chi connectivity index (χ1) is 8.66. The van der Waals surface area contributed by atoms with Gasteiger partial charge < -0.3 is 16.0 Å². The molecule has 94 valence electrons.